The van der Waals surface area contributed by atoms with Crippen molar-refractivity contribution in [2.45, 2.75) is 56.7 Å². The molecule has 0 aliphatic carbocycles. The first-order valence-corrected chi connectivity index (χ1v) is 11.4. The van der Waals surface area contributed by atoms with E-state index < -0.39 is 14.2 Å². The lowest BCUT2D eigenvalue weighted by atomic mass is 9.87. The van der Waals surface area contributed by atoms with Crippen LogP contribution in [0.1, 0.15) is 20.8 Å². The van der Waals surface area contributed by atoms with Crippen LogP contribution in [0, 0.1) is 16.9 Å². The molecule has 1 aromatic carbocycles. The molecule has 0 heterocycles. The van der Waals surface area contributed by atoms with Gasteiger partial charge in [0.15, 0.2) is 0 Å². The molecule has 0 radical (unpaired) electrons. The number of aliphatic hydroxyl groups excluding tert-OH is 1. The summed E-state index contributed by atoms with van der Waals surface area (Å²) in [7, 11) is -1.43. The minimum Gasteiger partial charge on any atom is -0.390 e. The molecule has 20 heavy (non-hydrogen) atoms. The van der Waals surface area contributed by atoms with Crippen molar-refractivity contribution in [1.82, 2.24) is 0 Å². The number of thioether (sulfide) groups is 1. The molecule has 0 saturated carbocycles. The number of rotatable bonds is 3. The lowest BCUT2D eigenvalue weighted by Crippen LogP contribution is -2.35. The monoisotopic (exact) mass is 306 g/mol. The Morgan fingerprint density at radius 2 is 1.65 bits per heavy atom. The number of hydrogen-bond donors (Lipinski definition) is 1. The SMILES string of the molecule is CC(C)(C)[C@H](O)[C@@H](C#C[Si](C)(C)C)Sc1ccccc1. The van der Waals surface area contributed by atoms with Crippen LogP contribution in [0.4, 0.5) is 0 Å². The summed E-state index contributed by atoms with van der Waals surface area (Å²) >= 11 is 1.66. The summed E-state index contributed by atoms with van der Waals surface area (Å²) in [4.78, 5) is 1.16. The van der Waals surface area contributed by atoms with E-state index in [2.05, 4.69) is 64.0 Å². The predicted molar refractivity (Wildman–Crippen MR) is 92.7 cm³/mol. The van der Waals surface area contributed by atoms with Crippen LogP contribution in [0.3, 0.4) is 0 Å². The zero-order valence-corrected chi connectivity index (χ0v) is 15.2. The van der Waals surface area contributed by atoms with Crippen molar-refractivity contribution >= 4 is 19.8 Å². The van der Waals surface area contributed by atoms with Gasteiger partial charge >= 0.3 is 0 Å². The van der Waals surface area contributed by atoms with Gasteiger partial charge in [-0.3, -0.25) is 0 Å². The highest BCUT2D eigenvalue weighted by Crippen LogP contribution is 2.32. The molecule has 1 rings (SSSR count). The molecule has 0 aliphatic rings. The second-order valence-electron chi connectivity index (χ2n) is 7.18. The van der Waals surface area contributed by atoms with E-state index in [9.17, 15) is 5.11 Å². The van der Waals surface area contributed by atoms with Crippen LogP contribution in [0.2, 0.25) is 19.6 Å². The maximum atomic E-state index is 10.6. The standard InChI is InChI=1S/C17H26OSSi/c1-17(2,3)16(18)15(12-13-20(4,5)6)19-14-10-8-7-9-11-14/h7-11,15-16,18H,1-6H3/t15-,16-/m1/s1. The Morgan fingerprint density at radius 1 is 1.10 bits per heavy atom. The summed E-state index contributed by atoms with van der Waals surface area (Å²) in [5, 5.41) is 10.5. The summed E-state index contributed by atoms with van der Waals surface area (Å²) in [5.74, 6) is 3.34. The molecule has 1 N–H and O–H groups in total. The minimum atomic E-state index is -1.43. The summed E-state index contributed by atoms with van der Waals surface area (Å²) in [6.45, 7) is 12.9. The quantitative estimate of drug-likeness (QED) is 0.506. The highest BCUT2D eigenvalue weighted by molar-refractivity contribution is 8.00. The lowest BCUT2D eigenvalue weighted by Gasteiger charge is -2.30. The highest BCUT2D eigenvalue weighted by atomic mass is 32.2. The van der Waals surface area contributed by atoms with Gasteiger partial charge < -0.3 is 5.11 Å². The van der Waals surface area contributed by atoms with Crippen molar-refractivity contribution in [1.29, 1.82) is 0 Å². The number of hydrogen-bond acceptors (Lipinski definition) is 2. The molecule has 0 unspecified atom stereocenters. The molecule has 0 fully saturated rings. The second-order valence-corrected chi connectivity index (χ2v) is 13.1. The van der Waals surface area contributed by atoms with Crippen molar-refractivity contribution in [2.75, 3.05) is 0 Å². The maximum Gasteiger partial charge on any atom is 0.129 e. The maximum absolute atomic E-state index is 10.6. The number of benzene rings is 1. The van der Waals surface area contributed by atoms with E-state index in [0.717, 1.165) is 4.90 Å². The molecule has 110 valence electrons. The van der Waals surface area contributed by atoms with E-state index in [1.165, 1.54) is 0 Å². The largest absolute Gasteiger partial charge is 0.390 e. The topological polar surface area (TPSA) is 20.2 Å². The van der Waals surface area contributed by atoms with Crippen molar-refractivity contribution in [3.8, 4) is 11.5 Å². The lowest BCUT2D eigenvalue weighted by molar-refractivity contribution is 0.0721. The van der Waals surface area contributed by atoms with Crippen molar-refractivity contribution < 1.29 is 5.11 Å². The van der Waals surface area contributed by atoms with Gasteiger partial charge in [0.25, 0.3) is 0 Å². The second kappa shape index (κ2) is 6.84. The third-order valence-electron chi connectivity index (χ3n) is 2.77. The molecule has 1 aromatic rings. The van der Waals surface area contributed by atoms with Crippen LogP contribution in [-0.4, -0.2) is 24.5 Å². The van der Waals surface area contributed by atoms with Gasteiger partial charge in [0.1, 0.15) is 8.07 Å². The molecule has 2 atom stereocenters. The van der Waals surface area contributed by atoms with Crippen LogP contribution in [0.15, 0.2) is 35.2 Å². The molecule has 0 aliphatic heterocycles. The zero-order valence-electron chi connectivity index (χ0n) is 13.4. The fourth-order valence-electron chi connectivity index (χ4n) is 1.56. The zero-order chi connectivity index (χ0) is 15.4. The van der Waals surface area contributed by atoms with Gasteiger partial charge in [-0.25, -0.2) is 0 Å². The van der Waals surface area contributed by atoms with Crippen LogP contribution < -0.4 is 0 Å². The Bertz CT molecular complexity index is 474. The summed E-state index contributed by atoms with van der Waals surface area (Å²) in [6.07, 6.45) is -0.448. The van der Waals surface area contributed by atoms with Gasteiger partial charge in [-0.05, 0) is 17.5 Å². The van der Waals surface area contributed by atoms with E-state index in [-0.39, 0.29) is 10.7 Å². The number of aliphatic hydroxyl groups is 1. The van der Waals surface area contributed by atoms with Gasteiger partial charge in [0, 0.05) is 4.90 Å². The Kier molecular flexibility index (Phi) is 5.94. The molecular weight excluding hydrogens is 280 g/mol. The fourth-order valence-corrected chi connectivity index (χ4v) is 3.52. The summed E-state index contributed by atoms with van der Waals surface area (Å²) < 4.78 is 0. The molecule has 0 amide bonds. The minimum absolute atomic E-state index is 0.0795. The van der Waals surface area contributed by atoms with E-state index in [0.29, 0.717) is 0 Å². The average molecular weight is 307 g/mol. The van der Waals surface area contributed by atoms with Crippen molar-refractivity contribution in [3.05, 3.63) is 30.3 Å². The molecular formula is C17H26OSSi. The van der Waals surface area contributed by atoms with Crippen LogP contribution in [0.5, 0.6) is 0 Å². The molecule has 3 heteroatoms. The Balaban J connectivity index is 2.98. The van der Waals surface area contributed by atoms with E-state index in [4.69, 9.17) is 0 Å². The summed E-state index contributed by atoms with van der Waals surface area (Å²) in [6, 6.07) is 10.2. The third kappa shape index (κ3) is 6.17. The first-order chi connectivity index (χ1) is 9.09. The Morgan fingerprint density at radius 3 is 2.10 bits per heavy atom. The highest BCUT2D eigenvalue weighted by Gasteiger charge is 2.30. The van der Waals surface area contributed by atoms with Crippen LogP contribution in [-0.2, 0) is 0 Å². The van der Waals surface area contributed by atoms with Gasteiger partial charge in [-0.2, -0.15) is 0 Å². The summed E-state index contributed by atoms with van der Waals surface area (Å²) in [5.41, 5.74) is 3.24. The molecule has 1 nitrogen and oxygen atoms in total. The van der Waals surface area contributed by atoms with Gasteiger partial charge in [0.05, 0.1) is 11.4 Å². The molecule has 0 spiro atoms. The van der Waals surface area contributed by atoms with Crippen LogP contribution in [0.25, 0.3) is 0 Å². The first kappa shape index (κ1) is 17.4. The average Bonchev–Trinajstić information content (AvgIpc) is 2.32. The van der Waals surface area contributed by atoms with Crippen molar-refractivity contribution in [2.24, 2.45) is 5.41 Å². The van der Waals surface area contributed by atoms with E-state index in [1.54, 1.807) is 11.8 Å². The normalized spacial score (nSPS) is 15.2. The smallest absolute Gasteiger partial charge is 0.129 e. The van der Waals surface area contributed by atoms with E-state index in [1.807, 2.05) is 18.2 Å². The van der Waals surface area contributed by atoms with Crippen molar-refractivity contribution in [3.63, 3.8) is 0 Å². The molecule has 0 aromatic heterocycles. The molecule has 0 bridgehead atoms. The Labute approximate surface area is 129 Å². The third-order valence-corrected chi connectivity index (χ3v) is 4.84. The van der Waals surface area contributed by atoms with E-state index >= 15 is 0 Å². The van der Waals surface area contributed by atoms with Gasteiger partial charge in [0.2, 0.25) is 0 Å². The molecule has 0 saturated heterocycles. The van der Waals surface area contributed by atoms with Crippen LogP contribution >= 0.6 is 11.8 Å². The van der Waals surface area contributed by atoms with Gasteiger partial charge in [-0.1, -0.05) is 64.5 Å². The fraction of sp³-hybridized carbons (Fsp3) is 0.529. The Hall–Kier alpha value is -0.693. The predicted octanol–water partition coefficient (Wildman–Crippen LogP) is 4.44. The van der Waals surface area contributed by atoms with Gasteiger partial charge in [-0.15, -0.1) is 17.3 Å². The first-order valence-electron chi connectivity index (χ1n) is 7.02.